The Hall–Kier alpha value is -2.68. The second kappa shape index (κ2) is 11.8. The lowest BCUT2D eigenvalue weighted by Crippen LogP contribution is -2.61. The molecule has 1 atom stereocenters. The van der Waals surface area contributed by atoms with Gasteiger partial charge < -0.3 is 24.2 Å². The van der Waals surface area contributed by atoms with Crippen molar-refractivity contribution in [1.29, 1.82) is 0 Å². The fourth-order valence-electron chi connectivity index (χ4n) is 6.21. The zero-order chi connectivity index (χ0) is 27.5. The van der Waals surface area contributed by atoms with E-state index in [2.05, 4.69) is 4.90 Å². The summed E-state index contributed by atoms with van der Waals surface area (Å²) in [6, 6.07) is 13.7. The van der Waals surface area contributed by atoms with Gasteiger partial charge in [-0.1, -0.05) is 48.7 Å². The van der Waals surface area contributed by atoms with Crippen molar-refractivity contribution in [1.82, 2.24) is 14.7 Å². The molecule has 1 saturated carbocycles. The summed E-state index contributed by atoms with van der Waals surface area (Å²) in [7, 11) is 2.05. The van der Waals surface area contributed by atoms with Gasteiger partial charge in [0.2, 0.25) is 11.8 Å². The van der Waals surface area contributed by atoms with E-state index in [0.29, 0.717) is 48.8 Å². The molecule has 2 aromatic carbocycles. The van der Waals surface area contributed by atoms with E-state index in [0.717, 1.165) is 25.9 Å². The first-order chi connectivity index (χ1) is 18.8. The Balaban J connectivity index is 1.40. The molecule has 3 aliphatic rings. The highest BCUT2D eigenvalue weighted by Gasteiger charge is 2.50. The monoisotopic (exact) mass is 557 g/mol. The Morgan fingerprint density at radius 1 is 1.00 bits per heavy atom. The Bertz CT molecular complexity index is 1180. The van der Waals surface area contributed by atoms with Crippen molar-refractivity contribution in [3.05, 3.63) is 64.9 Å². The first-order valence-corrected chi connectivity index (χ1v) is 14.2. The first kappa shape index (κ1) is 27.9. The summed E-state index contributed by atoms with van der Waals surface area (Å²) in [5, 5.41) is 0.546. The van der Waals surface area contributed by atoms with E-state index in [9.17, 15) is 9.59 Å². The molecule has 0 N–H and O–H groups in total. The van der Waals surface area contributed by atoms with E-state index < -0.39 is 11.0 Å². The van der Waals surface area contributed by atoms with Crippen molar-refractivity contribution in [2.45, 2.75) is 43.1 Å². The number of carbonyl (C=O) groups excluding carboxylic acids is 2. The topological polar surface area (TPSA) is 62.3 Å². The highest BCUT2D eigenvalue weighted by Crippen LogP contribution is 2.44. The number of hydrogen-bond acceptors (Lipinski definition) is 5. The Kier molecular flexibility index (Phi) is 8.45. The van der Waals surface area contributed by atoms with Gasteiger partial charge in [0.05, 0.1) is 25.0 Å². The molecule has 1 aliphatic carbocycles. The minimum atomic E-state index is -1.04. The van der Waals surface area contributed by atoms with Gasteiger partial charge in [-0.25, -0.2) is 4.39 Å². The molecule has 3 fully saturated rings. The third-order valence-corrected chi connectivity index (χ3v) is 8.65. The number of ether oxygens (including phenoxy) is 2. The molecule has 39 heavy (non-hydrogen) atoms. The predicted molar refractivity (Wildman–Crippen MR) is 147 cm³/mol. The lowest BCUT2D eigenvalue weighted by molar-refractivity contribution is -0.169. The highest BCUT2D eigenvalue weighted by molar-refractivity contribution is 6.30. The first-order valence-electron chi connectivity index (χ1n) is 13.8. The van der Waals surface area contributed by atoms with Crippen LogP contribution in [0.2, 0.25) is 5.02 Å². The maximum absolute atomic E-state index is 15.0. The molecule has 2 heterocycles. The number of likely N-dealkylation sites (N-methyl/N-ethyl adjacent to an activating group) is 1. The highest BCUT2D eigenvalue weighted by atomic mass is 35.5. The van der Waals surface area contributed by atoms with Crippen LogP contribution in [0, 0.1) is 5.82 Å². The molecule has 1 unspecified atom stereocenters. The summed E-state index contributed by atoms with van der Waals surface area (Å²) in [5.74, 6) is 0.116. The minimum absolute atomic E-state index is 0.0169. The van der Waals surface area contributed by atoms with Gasteiger partial charge in [0.15, 0.2) is 0 Å². The molecule has 5 rings (SSSR count). The van der Waals surface area contributed by atoms with Crippen LogP contribution in [0.5, 0.6) is 5.75 Å². The van der Waals surface area contributed by atoms with E-state index in [-0.39, 0.29) is 43.8 Å². The lowest BCUT2D eigenvalue weighted by Gasteiger charge is -2.45. The summed E-state index contributed by atoms with van der Waals surface area (Å²) in [6.07, 6.45) is 3.05. The van der Waals surface area contributed by atoms with E-state index in [1.54, 1.807) is 47.4 Å². The number of rotatable bonds is 7. The summed E-state index contributed by atoms with van der Waals surface area (Å²) < 4.78 is 27.5. The van der Waals surface area contributed by atoms with Crippen molar-refractivity contribution in [2.24, 2.45) is 0 Å². The second-order valence-electron chi connectivity index (χ2n) is 11.1. The van der Waals surface area contributed by atoms with Gasteiger partial charge in [0, 0.05) is 43.3 Å². The molecule has 2 amide bonds. The summed E-state index contributed by atoms with van der Waals surface area (Å²) in [5.41, 5.74) is -1.47. The van der Waals surface area contributed by atoms with Crippen molar-refractivity contribution >= 4 is 23.4 Å². The molecule has 0 radical (unpaired) electrons. The molecule has 2 saturated heterocycles. The van der Waals surface area contributed by atoms with Gasteiger partial charge in [-0.15, -0.1) is 0 Å². The molecule has 210 valence electrons. The molecule has 0 spiro atoms. The van der Waals surface area contributed by atoms with Crippen molar-refractivity contribution in [3.8, 4) is 5.75 Å². The SMILES string of the molecule is CN1CCN(C(=O)CC2(COc3cccc(Cl)c3)CN(C(=O)C3(c4ccccc4F)CCCC3)CCO2)CC1. The Labute approximate surface area is 234 Å². The molecule has 2 aromatic rings. The number of benzene rings is 2. The number of piperazine rings is 1. The van der Waals surface area contributed by atoms with Crippen LogP contribution >= 0.6 is 11.6 Å². The predicted octanol–water partition coefficient (Wildman–Crippen LogP) is 4.13. The molecule has 7 nitrogen and oxygen atoms in total. The summed E-state index contributed by atoms with van der Waals surface area (Å²) in [4.78, 5) is 33.6. The lowest BCUT2D eigenvalue weighted by atomic mass is 9.76. The fourth-order valence-corrected chi connectivity index (χ4v) is 6.39. The Morgan fingerprint density at radius 3 is 2.46 bits per heavy atom. The quantitative estimate of drug-likeness (QED) is 0.512. The van der Waals surface area contributed by atoms with Crippen LogP contribution in [-0.4, -0.2) is 91.6 Å². The second-order valence-corrected chi connectivity index (χ2v) is 11.6. The van der Waals surface area contributed by atoms with Gasteiger partial charge in [-0.05, 0) is 44.2 Å². The third kappa shape index (κ3) is 6.08. The van der Waals surface area contributed by atoms with Crippen LogP contribution in [-0.2, 0) is 19.7 Å². The summed E-state index contributed by atoms with van der Waals surface area (Å²) in [6.45, 7) is 3.87. The molecule has 2 aliphatic heterocycles. The van der Waals surface area contributed by atoms with Crippen LogP contribution in [0.3, 0.4) is 0 Å². The molecule has 0 bridgehead atoms. The van der Waals surface area contributed by atoms with Crippen LogP contribution in [0.1, 0.15) is 37.7 Å². The van der Waals surface area contributed by atoms with Crippen molar-refractivity contribution < 1.29 is 23.5 Å². The normalized spacial score (nSPS) is 23.6. The van der Waals surface area contributed by atoms with Crippen LogP contribution < -0.4 is 4.74 Å². The van der Waals surface area contributed by atoms with Crippen LogP contribution in [0.4, 0.5) is 4.39 Å². The standard InChI is InChI=1S/C30H37ClFN3O4/c1-33-13-15-34(16-14-33)27(36)20-29(22-38-24-8-6-7-23(31)19-24)21-35(17-18-39-29)28(37)30(11-4-5-12-30)25-9-2-3-10-26(25)32/h2-3,6-10,19H,4-5,11-18,20-22H2,1H3. The number of hydrogen-bond donors (Lipinski definition) is 0. The fraction of sp³-hybridized carbons (Fsp3) is 0.533. The number of amides is 2. The number of morpholine rings is 1. The zero-order valence-corrected chi connectivity index (χ0v) is 23.3. The largest absolute Gasteiger partial charge is 0.490 e. The van der Waals surface area contributed by atoms with Crippen LogP contribution in [0.25, 0.3) is 0 Å². The van der Waals surface area contributed by atoms with Crippen LogP contribution in [0.15, 0.2) is 48.5 Å². The smallest absolute Gasteiger partial charge is 0.233 e. The zero-order valence-electron chi connectivity index (χ0n) is 22.5. The Morgan fingerprint density at radius 2 is 1.74 bits per heavy atom. The maximum atomic E-state index is 15.0. The van der Waals surface area contributed by atoms with Gasteiger partial charge in [0.1, 0.15) is 23.8 Å². The summed E-state index contributed by atoms with van der Waals surface area (Å²) >= 11 is 6.16. The van der Waals surface area contributed by atoms with E-state index in [1.807, 2.05) is 11.9 Å². The third-order valence-electron chi connectivity index (χ3n) is 8.42. The van der Waals surface area contributed by atoms with Gasteiger partial charge in [0.25, 0.3) is 0 Å². The van der Waals surface area contributed by atoms with Gasteiger partial charge in [-0.3, -0.25) is 9.59 Å². The average molecular weight is 558 g/mol. The number of nitrogens with zero attached hydrogens (tertiary/aromatic N) is 3. The minimum Gasteiger partial charge on any atom is -0.490 e. The molecular formula is C30H37ClFN3O4. The molecule has 9 heteroatoms. The molecular weight excluding hydrogens is 521 g/mol. The maximum Gasteiger partial charge on any atom is 0.233 e. The van der Waals surface area contributed by atoms with Gasteiger partial charge >= 0.3 is 0 Å². The van der Waals surface area contributed by atoms with Gasteiger partial charge in [-0.2, -0.15) is 0 Å². The van der Waals surface area contributed by atoms with E-state index in [1.165, 1.54) is 6.07 Å². The van der Waals surface area contributed by atoms with E-state index in [4.69, 9.17) is 21.1 Å². The van der Waals surface area contributed by atoms with E-state index >= 15 is 4.39 Å². The number of carbonyl (C=O) groups is 2. The molecule has 0 aromatic heterocycles. The van der Waals surface area contributed by atoms with Crippen molar-refractivity contribution in [2.75, 3.05) is 59.5 Å². The number of halogens is 2. The average Bonchev–Trinajstić information content (AvgIpc) is 3.43. The van der Waals surface area contributed by atoms with Crippen molar-refractivity contribution in [3.63, 3.8) is 0 Å².